The van der Waals surface area contributed by atoms with Crippen LogP contribution in [0.1, 0.15) is 37.4 Å². The van der Waals surface area contributed by atoms with Gasteiger partial charge in [0.15, 0.2) is 0 Å². The van der Waals surface area contributed by atoms with Crippen molar-refractivity contribution in [2.24, 2.45) is 7.05 Å². The van der Waals surface area contributed by atoms with E-state index in [9.17, 15) is 4.79 Å². The van der Waals surface area contributed by atoms with E-state index >= 15 is 0 Å². The Labute approximate surface area is 156 Å². The summed E-state index contributed by atoms with van der Waals surface area (Å²) in [5, 5.41) is 0. The molecule has 1 aliphatic heterocycles. The van der Waals surface area contributed by atoms with Crippen molar-refractivity contribution in [2.45, 2.75) is 45.3 Å². The second-order valence-electron chi connectivity index (χ2n) is 7.25. The lowest BCUT2D eigenvalue weighted by Crippen LogP contribution is -2.37. The summed E-state index contributed by atoms with van der Waals surface area (Å²) < 4.78 is 7.59. The van der Waals surface area contributed by atoms with E-state index in [0.717, 1.165) is 18.7 Å². The molecule has 1 saturated heterocycles. The van der Waals surface area contributed by atoms with Crippen LogP contribution in [0, 0.1) is 0 Å². The summed E-state index contributed by atoms with van der Waals surface area (Å²) in [7, 11) is 3.72. The molecule has 3 rings (SSSR count). The van der Waals surface area contributed by atoms with E-state index in [2.05, 4.69) is 17.9 Å². The third-order valence-corrected chi connectivity index (χ3v) is 5.25. The first-order valence-corrected chi connectivity index (χ1v) is 9.40. The molecule has 5 nitrogen and oxygen atoms in total. The van der Waals surface area contributed by atoms with E-state index in [1.165, 1.54) is 25.0 Å². The summed E-state index contributed by atoms with van der Waals surface area (Å²) in [6.45, 7) is 4.86. The summed E-state index contributed by atoms with van der Waals surface area (Å²) in [6.07, 6.45) is 3.51. The minimum absolute atomic E-state index is 0.340. The number of hydrogen-bond donors (Lipinski definition) is 0. The van der Waals surface area contributed by atoms with Crippen LogP contribution in [0.15, 0.2) is 42.5 Å². The van der Waals surface area contributed by atoms with Gasteiger partial charge < -0.3 is 14.2 Å². The standard InChI is InChI=1S/C21H29N3O2/c1-17-9-7-8-14-24(17)16-19-12-13-20(23(19)3)26-21(25)22(2)15-18-10-5-4-6-11-18/h4-6,10-13,17H,7-9,14-16H2,1-3H3. The summed E-state index contributed by atoms with van der Waals surface area (Å²) in [4.78, 5) is 16.5. The van der Waals surface area contributed by atoms with Crippen LogP contribution >= 0.6 is 0 Å². The molecular weight excluding hydrogens is 326 g/mol. The predicted octanol–water partition coefficient (Wildman–Crippen LogP) is 4.03. The highest BCUT2D eigenvalue weighted by atomic mass is 16.6. The average molecular weight is 355 g/mol. The average Bonchev–Trinajstić information content (AvgIpc) is 2.98. The van der Waals surface area contributed by atoms with Crippen LogP contribution < -0.4 is 4.74 Å². The van der Waals surface area contributed by atoms with Crippen molar-refractivity contribution in [3.05, 3.63) is 53.7 Å². The van der Waals surface area contributed by atoms with Crippen LogP contribution in [0.3, 0.4) is 0 Å². The molecule has 1 fully saturated rings. The van der Waals surface area contributed by atoms with Crippen LogP contribution in [0.2, 0.25) is 0 Å². The Bertz CT molecular complexity index is 726. The summed E-state index contributed by atoms with van der Waals surface area (Å²) >= 11 is 0. The van der Waals surface area contributed by atoms with Gasteiger partial charge in [0.05, 0.1) is 0 Å². The van der Waals surface area contributed by atoms with Gasteiger partial charge in [-0.2, -0.15) is 0 Å². The van der Waals surface area contributed by atoms with E-state index in [1.54, 1.807) is 11.9 Å². The maximum Gasteiger partial charge on any atom is 0.416 e. The van der Waals surface area contributed by atoms with E-state index in [-0.39, 0.29) is 6.09 Å². The van der Waals surface area contributed by atoms with Crippen molar-refractivity contribution in [1.82, 2.24) is 14.4 Å². The summed E-state index contributed by atoms with van der Waals surface area (Å²) in [5.41, 5.74) is 2.26. The highest BCUT2D eigenvalue weighted by Crippen LogP contribution is 2.22. The Morgan fingerprint density at radius 1 is 1.19 bits per heavy atom. The molecular formula is C21H29N3O2. The van der Waals surface area contributed by atoms with Crippen molar-refractivity contribution in [2.75, 3.05) is 13.6 Å². The van der Waals surface area contributed by atoms with Crippen LogP contribution in [0.4, 0.5) is 4.79 Å². The molecule has 1 aromatic heterocycles. The molecule has 1 aromatic carbocycles. The molecule has 1 unspecified atom stereocenters. The molecule has 140 valence electrons. The van der Waals surface area contributed by atoms with Crippen LogP contribution in [0.5, 0.6) is 5.88 Å². The third kappa shape index (κ3) is 4.47. The summed E-state index contributed by atoms with van der Waals surface area (Å²) in [5.74, 6) is 0.592. The van der Waals surface area contributed by atoms with Crippen molar-refractivity contribution in [1.29, 1.82) is 0 Å². The van der Waals surface area contributed by atoms with E-state index in [1.807, 2.05) is 48.0 Å². The zero-order valence-electron chi connectivity index (χ0n) is 16.0. The molecule has 1 aliphatic rings. The number of piperidine rings is 1. The molecule has 5 heteroatoms. The number of aromatic nitrogens is 1. The van der Waals surface area contributed by atoms with Gasteiger partial charge in [-0.05, 0) is 37.9 Å². The molecule has 0 bridgehead atoms. The Balaban J connectivity index is 1.59. The number of amides is 1. The molecule has 1 amide bonds. The Hall–Kier alpha value is -2.27. The van der Waals surface area contributed by atoms with Crippen molar-refractivity contribution in [3.63, 3.8) is 0 Å². The minimum atomic E-state index is -0.340. The lowest BCUT2D eigenvalue weighted by Gasteiger charge is -2.33. The highest BCUT2D eigenvalue weighted by molar-refractivity contribution is 5.70. The highest BCUT2D eigenvalue weighted by Gasteiger charge is 2.20. The molecule has 26 heavy (non-hydrogen) atoms. The molecule has 0 saturated carbocycles. The molecule has 2 heterocycles. The molecule has 0 radical (unpaired) electrons. The first kappa shape index (κ1) is 18.5. The number of carbonyl (C=O) groups excluding carboxylic acids is 1. The SMILES string of the molecule is CC1CCCCN1Cc1ccc(OC(=O)N(C)Cc2ccccc2)n1C. The number of hydrogen-bond acceptors (Lipinski definition) is 3. The first-order chi connectivity index (χ1) is 12.5. The fraction of sp³-hybridized carbons (Fsp3) is 0.476. The smallest absolute Gasteiger partial charge is 0.393 e. The fourth-order valence-electron chi connectivity index (χ4n) is 3.48. The van der Waals surface area contributed by atoms with Gasteiger partial charge in [0.1, 0.15) is 0 Å². The molecule has 1 atom stereocenters. The normalized spacial score (nSPS) is 17.9. The number of nitrogens with zero attached hydrogens (tertiary/aromatic N) is 3. The van der Waals surface area contributed by atoms with Crippen molar-refractivity contribution in [3.8, 4) is 5.88 Å². The van der Waals surface area contributed by atoms with Gasteiger partial charge in [0.25, 0.3) is 0 Å². The molecule has 0 spiro atoms. The largest absolute Gasteiger partial charge is 0.416 e. The van der Waals surface area contributed by atoms with Gasteiger partial charge in [-0.3, -0.25) is 4.90 Å². The molecule has 0 N–H and O–H groups in total. The van der Waals surface area contributed by atoms with Gasteiger partial charge in [-0.25, -0.2) is 4.79 Å². The predicted molar refractivity (Wildman–Crippen MR) is 103 cm³/mol. The monoisotopic (exact) mass is 355 g/mol. The Morgan fingerprint density at radius 2 is 1.96 bits per heavy atom. The lowest BCUT2D eigenvalue weighted by atomic mass is 10.0. The third-order valence-electron chi connectivity index (χ3n) is 5.25. The lowest BCUT2D eigenvalue weighted by molar-refractivity contribution is 0.147. The van der Waals surface area contributed by atoms with Gasteiger partial charge in [-0.15, -0.1) is 0 Å². The first-order valence-electron chi connectivity index (χ1n) is 9.40. The number of rotatable bonds is 5. The number of carbonyl (C=O) groups is 1. The number of benzene rings is 1. The van der Waals surface area contributed by atoms with Crippen molar-refractivity contribution < 1.29 is 9.53 Å². The second kappa shape index (κ2) is 8.41. The van der Waals surface area contributed by atoms with Gasteiger partial charge in [0, 0.05) is 45.0 Å². The maximum absolute atomic E-state index is 12.4. The van der Waals surface area contributed by atoms with Gasteiger partial charge in [-0.1, -0.05) is 36.8 Å². The van der Waals surface area contributed by atoms with Crippen LogP contribution in [-0.4, -0.2) is 40.1 Å². The fourth-order valence-corrected chi connectivity index (χ4v) is 3.48. The van der Waals surface area contributed by atoms with E-state index in [4.69, 9.17) is 4.74 Å². The quantitative estimate of drug-likeness (QED) is 0.813. The zero-order chi connectivity index (χ0) is 18.5. The zero-order valence-corrected chi connectivity index (χ0v) is 16.0. The van der Waals surface area contributed by atoms with Crippen molar-refractivity contribution >= 4 is 6.09 Å². The number of ether oxygens (including phenoxy) is 1. The summed E-state index contributed by atoms with van der Waals surface area (Å²) in [6, 6.07) is 14.5. The molecule has 0 aliphatic carbocycles. The van der Waals surface area contributed by atoms with Gasteiger partial charge in [0.2, 0.25) is 5.88 Å². The second-order valence-corrected chi connectivity index (χ2v) is 7.25. The van der Waals surface area contributed by atoms with Gasteiger partial charge >= 0.3 is 6.09 Å². The topological polar surface area (TPSA) is 37.7 Å². The number of likely N-dealkylation sites (tertiary alicyclic amines) is 1. The Morgan fingerprint density at radius 3 is 2.69 bits per heavy atom. The maximum atomic E-state index is 12.4. The van der Waals surface area contributed by atoms with Crippen LogP contribution in [-0.2, 0) is 20.1 Å². The molecule has 2 aromatic rings. The van der Waals surface area contributed by atoms with E-state index < -0.39 is 0 Å². The minimum Gasteiger partial charge on any atom is -0.393 e. The van der Waals surface area contributed by atoms with Crippen LogP contribution in [0.25, 0.3) is 0 Å². The Kier molecular flexibility index (Phi) is 5.99. The van der Waals surface area contributed by atoms with E-state index in [0.29, 0.717) is 18.5 Å².